The Balaban J connectivity index is 1.39. The van der Waals surface area contributed by atoms with E-state index in [1.54, 1.807) is 0 Å². The molecule has 0 spiro atoms. The fraction of sp³-hybridized carbons (Fsp3) is 0.350. The van der Waals surface area contributed by atoms with Gasteiger partial charge in [0.15, 0.2) is 5.58 Å². The van der Waals surface area contributed by atoms with Crippen LogP contribution in [0.15, 0.2) is 34.7 Å². The highest BCUT2D eigenvalue weighted by Crippen LogP contribution is 2.30. The van der Waals surface area contributed by atoms with Crippen LogP contribution in [0.4, 0.5) is 11.0 Å². The number of aromatic nitrogens is 1. The molecule has 0 atom stereocenters. The molecule has 1 aromatic carbocycles. The number of benzene rings is 1. The monoisotopic (exact) mass is 380 g/mol. The maximum Gasteiger partial charge on any atom is 0.298 e. The number of rotatable bonds is 4. The van der Waals surface area contributed by atoms with Crippen LogP contribution in [-0.2, 0) is 11.2 Å². The smallest absolute Gasteiger partial charge is 0.298 e. The van der Waals surface area contributed by atoms with Gasteiger partial charge >= 0.3 is 0 Å². The predicted octanol–water partition coefficient (Wildman–Crippen LogP) is 4.18. The lowest BCUT2D eigenvalue weighted by Gasteiger charge is -2.30. The van der Waals surface area contributed by atoms with Crippen molar-refractivity contribution in [2.24, 2.45) is 5.92 Å². The Labute approximate surface area is 161 Å². The normalized spacial score (nSPS) is 15.0. The average molecular weight is 380 g/mol. The van der Waals surface area contributed by atoms with Crippen LogP contribution >= 0.6 is 11.3 Å². The van der Waals surface area contributed by atoms with Gasteiger partial charge in [0.1, 0.15) is 16.6 Å². The average Bonchev–Trinajstić information content (AvgIpc) is 3.31. The highest BCUT2D eigenvalue weighted by Gasteiger charge is 2.28. The third-order valence-corrected chi connectivity index (χ3v) is 6.10. The molecule has 0 unspecified atom stereocenters. The quantitative estimate of drug-likeness (QED) is 0.734. The third kappa shape index (κ3) is 3.53. The van der Waals surface area contributed by atoms with E-state index in [-0.39, 0.29) is 11.8 Å². The van der Waals surface area contributed by atoms with E-state index in [0.29, 0.717) is 16.6 Å². The maximum atomic E-state index is 12.6. The number of carbonyl (C=O) groups is 1. The van der Waals surface area contributed by atoms with Crippen LogP contribution < -0.4 is 10.2 Å². The van der Waals surface area contributed by atoms with Gasteiger partial charge in [-0.15, -0.1) is 11.3 Å². The summed E-state index contributed by atoms with van der Waals surface area (Å²) in [6.07, 6.45) is 2.33. The molecule has 1 fully saturated rings. The molecule has 1 saturated heterocycles. The number of nitriles is 1. The minimum atomic E-state index is -0.0654. The summed E-state index contributed by atoms with van der Waals surface area (Å²) in [6, 6.07) is 12.3. The van der Waals surface area contributed by atoms with Gasteiger partial charge in [0.05, 0.1) is 5.56 Å². The Morgan fingerprint density at radius 2 is 2.19 bits per heavy atom. The number of carbonyl (C=O) groups excluding carboxylic acids is 1. The molecule has 1 N–H and O–H groups in total. The summed E-state index contributed by atoms with van der Waals surface area (Å²) in [5.41, 5.74) is 2.18. The number of nitrogens with one attached hydrogen (secondary N) is 1. The number of hydrogen-bond acceptors (Lipinski definition) is 6. The molecular formula is C20H20N4O2S. The van der Waals surface area contributed by atoms with Gasteiger partial charge in [-0.25, -0.2) is 0 Å². The molecule has 7 heteroatoms. The van der Waals surface area contributed by atoms with E-state index in [2.05, 4.69) is 21.3 Å². The number of thiophene rings is 1. The molecule has 3 heterocycles. The number of anilines is 2. The topological polar surface area (TPSA) is 82.2 Å². The number of para-hydroxylation sites is 2. The number of aryl methyl sites for hydroxylation is 1. The predicted molar refractivity (Wildman–Crippen MR) is 106 cm³/mol. The van der Waals surface area contributed by atoms with Crippen LogP contribution in [-0.4, -0.2) is 24.0 Å². The summed E-state index contributed by atoms with van der Waals surface area (Å²) in [4.78, 5) is 20.4. The molecule has 6 nitrogen and oxygen atoms in total. The Kier molecular flexibility index (Phi) is 4.82. The maximum absolute atomic E-state index is 12.6. The number of fused-ring (bicyclic) bond motifs is 1. The fourth-order valence-corrected chi connectivity index (χ4v) is 4.28. The zero-order valence-corrected chi connectivity index (χ0v) is 15.9. The van der Waals surface area contributed by atoms with Gasteiger partial charge in [0, 0.05) is 23.9 Å². The van der Waals surface area contributed by atoms with Gasteiger partial charge < -0.3 is 14.6 Å². The van der Waals surface area contributed by atoms with Crippen molar-refractivity contribution in [2.75, 3.05) is 23.3 Å². The Hall–Kier alpha value is -2.85. The standard InChI is InChI=1S/C20H20N4O2S/c1-2-15-11-14(12-21)19(27-15)23-18(25)13-7-9-24(10-8-13)20-22-16-5-3-4-6-17(16)26-20/h3-6,11,13H,2,7-10H2,1H3,(H,23,25). The molecule has 27 heavy (non-hydrogen) atoms. The van der Waals surface area contributed by atoms with Crippen molar-refractivity contribution in [1.29, 1.82) is 5.26 Å². The highest BCUT2D eigenvalue weighted by atomic mass is 32.1. The number of amides is 1. The zero-order valence-electron chi connectivity index (χ0n) is 15.1. The van der Waals surface area contributed by atoms with Gasteiger partial charge in [-0.1, -0.05) is 19.1 Å². The van der Waals surface area contributed by atoms with Gasteiger partial charge in [-0.05, 0) is 37.5 Å². The number of piperidine rings is 1. The van der Waals surface area contributed by atoms with E-state index in [1.165, 1.54) is 11.3 Å². The van der Waals surface area contributed by atoms with Crippen LogP contribution in [0.2, 0.25) is 0 Å². The second-order valence-corrected chi connectivity index (χ2v) is 7.77. The van der Waals surface area contributed by atoms with Gasteiger partial charge in [-0.3, -0.25) is 4.79 Å². The van der Waals surface area contributed by atoms with E-state index in [0.717, 1.165) is 48.3 Å². The molecule has 1 amide bonds. The van der Waals surface area contributed by atoms with Gasteiger partial charge in [0.25, 0.3) is 6.01 Å². The van der Waals surface area contributed by atoms with Crippen LogP contribution in [0.3, 0.4) is 0 Å². The number of hydrogen-bond donors (Lipinski definition) is 1. The van der Waals surface area contributed by atoms with Gasteiger partial charge in [0.2, 0.25) is 5.91 Å². The second kappa shape index (κ2) is 7.41. The minimum Gasteiger partial charge on any atom is -0.423 e. The van der Waals surface area contributed by atoms with E-state index >= 15 is 0 Å². The molecule has 0 radical (unpaired) electrons. The van der Waals surface area contributed by atoms with Crippen molar-refractivity contribution < 1.29 is 9.21 Å². The molecule has 0 saturated carbocycles. The first kappa shape index (κ1) is 17.6. The molecule has 0 aliphatic carbocycles. The van der Waals surface area contributed by atoms with Crippen LogP contribution in [0, 0.1) is 17.2 Å². The Morgan fingerprint density at radius 1 is 1.41 bits per heavy atom. The van der Waals surface area contributed by atoms with E-state index in [9.17, 15) is 10.1 Å². The van der Waals surface area contributed by atoms with Crippen LogP contribution in [0.1, 0.15) is 30.2 Å². The first-order valence-corrected chi connectivity index (χ1v) is 9.93. The molecule has 1 aliphatic heterocycles. The lowest BCUT2D eigenvalue weighted by molar-refractivity contribution is -0.120. The molecule has 138 valence electrons. The summed E-state index contributed by atoms with van der Waals surface area (Å²) in [7, 11) is 0. The lowest BCUT2D eigenvalue weighted by Crippen LogP contribution is -2.38. The first-order valence-electron chi connectivity index (χ1n) is 9.12. The first-order chi connectivity index (χ1) is 13.2. The Bertz CT molecular complexity index is 976. The number of oxazole rings is 1. The molecular weight excluding hydrogens is 360 g/mol. The molecule has 2 aromatic heterocycles. The van der Waals surface area contributed by atoms with E-state index in [4.69, 9.17) is 4.42 Å². The van der Waals surface area contributed by atoms with Crippen molar-refractivity contribution in [3.05, 3.63) is 40.8 Å². The van der Waals surface area contributed by atoms with Crippen LogP contribution in [0.25, 0.3) is 11.1 Å². The fourth-order valence-electron chi connectivity index (χ4n) is 3.33. The van der Waals surface area contributed by atoms with Crippen molar-refractivity contribution in [1.82, 2.24) is 4.98 Å². The lowest BCUT2D eigenvalue weighted by atomic mass is 9.96. The largest absolute Gasteiger partial charge is 0.423 e. The molecule has 1 aliphatic rings. The summed E-state index contributed by atoms with van der Waals surface area (Å²) in [5.74, 6) is -0.0717. The summed E-state index contributed by atoms with van der Waals surface area (Å²) in [5, 5.41) is 12.9. The van der Waals surface area contributed by atoms with Crippen molar-refractivity contribution in [3.8, 4) is 6.07 Å². The second-order valence-electron chi connectivity index (χ2n) is 6.64. The van der Waals surface area contributed by atoms with Crippen LogP contribution in [0.5, 0.6) is 0 Å². The molecule has 4 rings (SSSR count). The zero-order chi connectivity index (χ0) is 18.8. The Morgan fingerprint density at radius 3 is 2.89 bits per heavy atom. The van der Waals surface area contributed by atoms with Crippen molar-refractivity contribution in [2.45, 2.75) is 26.2 Å². The summed E-state index contributed by atoms with van der Waals surface area (Å²) < 4.78 is 5.82. The van der Waals surface area contributed by atoms with E-state index < -0.39 is 0 Å². The summed E-state index contributed by atoms with van der Waals surface area (Å²) >= 11 is 1.49. The van der Waals surface area contributed by atoms with Crippen molar-refractivity contribution >= 4 is 39.4 Å². The van der Waals surface area contributed by atoms with Gasteiger partial charge in [-0.2, -0.15) is 10.2 Å². The summed E-state index contributed by atoms with van der Waals surface area (Å²) in [6.45, 7) is 3.49. The van der Waals surface area contributed by atoms with Crippen molar-refractivity contribution in [3.63, 3.8) is 0 Å². The molecule has 3 aromatic rings. The van der Waals surface area contributed by atoms with E-state index in [1.807, 2.05) is 37.3 Å². The number of nitrogens with zero attached hydrogens (tertiary/aromatic N) is 3. The third-order valence-electron chi connectivity index (χ3n) is 4.91. The minimum absolute atomic E-state index is 0.00628. The highest BCUT2D eigenvalue weighted by molar-refractivity contribution is 7.16. The SMILES string of the molecule is CCc1cc(C#N)c(NC(=O)C2CCN(c3nc4ccccc4o3)CC2)s1. The molecule has 0 bridgehead atoms.